The number of esters is 1. The Balaban J connectivity index is 2.06. The first-order chi connectivity index (χ1) is 10.5. The van der Waals surface area contributed by atoms with Gasteiger partial charge in [-0.2, -0.15) is 0 Å². The number of halogens is 2. The number of benzene rings is 1. The average Bonchev–Trinajstić information content (AvgIpc) is 2.97. The highest BCUT2D eigenvalue weighted by Crippen LogP contribution is 2.31. The minimum Gasteiger partial charge on any atom is -0.467 e. The largest absolute Gasteiger partial charge is 0.467 e. The van der Waals surface area contributed by atoms with Crippen LogP contribution in [0.1, 0.15) is 31.2 Å². The molecule has 0 heterocycles. The molecule has 0 spiro atoms. The van der Waals surface area contributed by atoms with Crippen molar-refractivity contribution in [2.24, 2.45) is 0 Å². The van der Waals surface area contributed by atoms with Gasteiger partial charge in [0.15, 0.2) is 0 Å². The second-order valence-corrected chi connectivity index (χ2v) is 6.09. The van der Waals surface area contributed by atoms with E-state index in [1.807, 2.05) is 0 Å². The molecule has 1 aliphatic carbocycles. The number of hydrogen-bond donors (Lipinski definition) is 1. The highest BCUT2D eigenvalue weighted by molar-refractivity contribution is 6.42. The van der Waals surface area contributed by atoms with Crippen LogP contribution in [0.15, 0.2) is 24.3 Å². The van der Waals surface area contributed by atoms with E-state index < -0.39 is 5.54 Å². The number of carbonyl (C=O) groups is 2. The summed E-state index contributed by atoms with van der Waals surface area (Å²) in [7, 11) is 1.33. The van der Waals surface area contributed by atoms with E-state index in [2.05, 4.69) is 5.32 Å². The maximum absolute atomic E-state index is 12.1. The average molecular weight is 342 g/mol. The van der Waals surface area contributed by atoms with E-state index in [9.17, 15) is 9.59 Å². The van der Waals surface area contributed by atoms with Crippen molar-refractivity contribution in [3.8, 4) is 0 Å². The van der Waals surface area contributed by atoms with Crippen LogP contribution in [-0.4, -0.2) is 24.5 Å². The lowest BCUT2D eigenvalue weighted by atomic mass is 9.97. The fraction of sp³-hybridized carbons (Fsp3) is 0.375. The summed E-state index contributed by atoms with van der Waals surface area (Å²) in [4.78, 5) is 24.0. The van der Waals surface area contributed by atoms with Crippen LogP contribution in [0.5, 0.6) is 0 Å². The smallest absolute Gasteiger partial charge is 0.331 e. The number of amides is 1. The van der Waals surface area contributed by atoms with Crippen LogP contribution < -0.4 is 5.32 Å². The van der Waals surface area contributed by atoms with Crippen molar-refractivity contribution in [3.63, 3.8) is 0 Å². The monoisotopic (exact) mass is 341 g/mol. The van der Waals surface area contributed by atoms with Crippen LogP contribution in [0, 0.1) is 0 Å². The van der Waals surface area contributed by atoms with Crippen molar-refractivity contribution in [3.05, 3.63) is 39.9 Å². The third kappa shape index (κ3) is 3.81. The van der Waals surface area contributed by atoms with E-state index in [0.29, 0.717) is 22.9 Å². The molecule has 1 saturated carbocycles. The number of ether oxygens (including phenoxy) is 1. The molecule has 0 aliphatic heterocycles. The molecule has 0 unspecified atom stereocenters. The third-order valence-corrected chi connectivity index (χ3v) is 4.51. The molecule has 0 radical (unpaired) electrons. The minimum absolute atomic E-state index is 0.335. The molecule has 0 aromatic heterocycles. The zero-order valence-electron chi connectivity index (χ0n) is 12.2. The first-order valence-corrected chi connectivity index (χ1v) is 7.76. The van der Waals surface area contributed by atoms with Crippen molar-refractivity contribution >= 4 is 41.2 Å². The lowest BCUT2D eigenvalue weighted by Gasteiger charge is -2.26. The van der Waals surface area contributed by atoms with Gasteiger partial charge in [0.1, 0.15) is 5.54 Å². The molecule has 1 amide bonds. The number of carbonyl (C=O) groups excluding carboxylic acids is 2. The van der Waals surface area contributed by atoms with Gasteiger partial charge in [-0.15, -0.1) is 0 Å². The fourth-order valence-corrected chi connectivity index (χ4v) is 2.93. The molecule has 2 rings (SSSR count). The molecule has 1 aromatic rings. The first-order valence-electron chi connectivity index (χ1n) is 7.00. The lowest BCUT2D eigenvalue weighted by molar-refractivity contribution is -0.150. The summed E-state index contributed by atoms with van der Waals surface area (Å²) in [5.74, 6) is -0.723. The van der Waals surface area contributed by atoms with E-state index in [1.165, 1.54) is 13.2 Å². The second-order valence-electron chi connectivity index (χ2n) is 5.28. The molecule has 0 atom stereocenters. The van der Waals surface area contributed by atoms with Crippen LogP contribution in [0.4, 0.5) is 0 Å². The van der Waals surface area contributed by atoms with Gasteiger partial charge in [-0.05, 0) is 36.6 Å². The summed E-state index contributed by atoms with van der Waals surface area (Å²) in [6.45, 7) is 0. The van der Waals surface area contributed by atoms with Crippen molar-refractivity contribution < 1.29 is 14.3 Å². The van der Waals surface area contributed by atoms with Gasteiger partial charge in [0.05, 0.1) is 17.2 Å². The molecular formula is C16H17Cl2NO3. The Morgan fingerprint density at radius 2 is 1.91 bits per heavy atom. The first kappa shape index (κ1) is 16.8. The van der Waals surface area contributed by atoms with Gasteiger partial charge < -0.3 is 10.1 Å². The molecule has 0 bridgehead atoms. The number of methoxy groups -OCH3 is 1. The number of nitrogens with one attached hydrogen (secondary N) is 1. The zero-order chi connectivity index (χ0) is 16.2. The Morgan fingerprint density at radius 1 is 1.23 bits per heavy atom. The Kier molecular flexibility index (Phi) is 5.48. The zero-order valence-corrected chi connectivity index (χ0v) is 13.7. The third-order valence-electron chi connectivity index (χ3n) is 3.77. The lowest BCUT2D eigenvalue weighted by Crippen LogP contribution is -2.52. The van der Waals surface area contributed by atoms with E-state index in [1.54, 1.807) is 24.3 Å². The van der Waals surface area contributed by atoms with Gasteiger partial charge in [0.25, 0.3) is 0 Å². The molecule has 118 valence electrons. The van der Waals surface area contributed by atoms with Crippen LogP contribution in [-0.2, 0) is 14.3 Å². The van der Waals surface area contributed by atoms with Crippen molar-refractivity contribution in [2.45, 2.75) is 31.2 Å². The molecule has 1 aromatic carbocycles. The van der Waals surface area contributed by atoms with E-state index in [-0.39, 0.29) is 11.9 Å². The van der Waals surface area contributed by atoms with Crippen LogP contribution >= 0.6 is 23.2 Å². The predicted octanol–water partition coefficient (Wildman–Crippen LogP) is 3.61. The molecule has 1 N–H and O–H groups in total. The van der Waals surface area contributed by atoms with Gasteiger partial charge in [-0.3, -0.25) is 4.79 Å². The number of hydrogen-bond acceptors (Lipinski definition) is 3. The van der Waals surface area contributed by atoms with Crippen molar-refractivity contribution in [1.29, 1.82) is 0 Å². The molecule has 0 saturated heterocycles. The topological polar surface area (TPSA) is 55.4 Å². The maximum atomic E-state index is 12.1. The molecule has 1 fully saturated rings. The fourth-order valence-electron chi connectivity index (χ4n) is 2.62. The summed E-state index contributed by atoms with van der Waals surface area (Å²) >= 11 is 11.8. The maximum Gasteiger partial charge on any atom is 0.331 e. The minimum atomic E-state index is -0.895. The molecule has 6 heteroatoms. The standard InChI is InChI=1S/C16H17Cl2NO3/c1-22-15(21)16(8-2-3-9-16)19-14(20)7-5-11-4-6-12(17)13(18)10-11/h4-7,10H,2-3,8-9H2,1H3,(H,19,20)/b7-5+. The Bertz CT molecular complexity index is 607. The Morgan fingerprint density at radius 3 is 2.50 bits per heavy atom. The quantitative estimate of drug-likeness (QED) is 0.672. The predicted molar refractivity (Wildman–Crippen MR) is 86.9 cm³/mol. The van der Waals surface area contributed by atoms with Gasteiger partial charge in [0, 0.05) is 6.08 Å². The van der Waals surface area contributed by atoms with Gasteiger partial charge in [0.2, 0.25) is 5.91 Å². The summed E-state index contributed by atoms with van der Waals surface area (Å²) in [6.07, 6.45) is 6.00. The van der Waals surface area contributed by atoms with Crippen LogP contribution in [0.2, 0.25) is 10.0 Å². The summed E-state index contributed by atoms with van der Waals surface area (Å²) in [5, 5.41) is 3.66. The van der Waals surface area contributed by atoms with E-state index in [0.717, 1.165) is 18.4 Å². The molecular weight excluding hydrogens is 325 g/mol. The number of rotatable bonds is 4. The Labute approximate surface area is 139 Å². The SMILES string of the molecule is COC(=O)C1(NC(=O)/C=C/c2ccc(Cl)c(Cl)c2)CCCC1. The van der Waals surface area contributed by atoms with Crippen molar-refractivity contribution in [2.75, 3.05) is 7.11 Å². The second kappa shape index (κ2) is 7.16. The summed E-state index contributed by atoms with van der Waals surface area (Å²) < 4.78 is 4.82. The summed E-state index contributed by atoms with van der Waals surface area (Å²) in [5.41, 5.74) is -0.142. The van der Waals surface area contributed by atoms with Crippen molar-refractivity contribution in [1.82, 2.24) is 5.32 Å². The van der Waals surface area contributed by atoms with Crippen LogP contribution in [0.3, 0.4) is 0 Å². The normalized spacial score (nSPS) is 16.7. The highest BCUT2D eigenvalue weighted by Gasteiger charge is 2.43. The molecule has 1 aliphatic rings. The van der Waals surface area contributed by atoms with Gasteiger partial charge >= 0.3 is 5.97 Å². The summed E-state index contributed by atoms with van der Waals surface area (Å²) in [6, 6.07) is 5.08. The van der Waals surface area contributed by atoms with Gasteiger partial charge in [-0.1, -0.05) is 42.1 Å². The molecule has 4 nitrogen and oxygen atoms in total. The van der Waals surface area contributed by atoms with E-state index >= 15 is 0 Å². The molecule has 22 heavy (non-hydrogen) atoms. The highest BCUT2D eigenvalue weighted by atomic mass is 35.5. The van der Waals surface area contributed by atoms with Crippen LogP contribution in [0.25, 0.3) is 6.08 Å². The van der Waals surface area contributed by atoms with E-state index in [4.69, 9.17) is 27.9 Å². The Hall–Kier alpha value is -1.52. The van der Waals surface area contributed by atoms with Gasteiger partial charge in [-0.25, -0.2) is 4.79 Å².